The van der Waals surface area contributed by atoms with E-state index in [0.29, 0.717) is 41.7 Å². The lowest BCUT2D eigenvalue weighted by Crippen LogP contribution is -2.62. The van der Waals surface area contributed by atoms with Crippen molar-refractivity contribution < 1.29 is 38.6 Å². The Balaban J connectivity index is 1.29. The van der Waals surface area contributed by atoms with Crippen LogP contribution in [0.1, 0.15) is 68.9 Å². The normalized spacial score (nSPS) is 24.3. The van der Waals surface area contributed by atoms with Crippen molar-refractivity contribution in [3.63, 3.8) is 0 Å². The third-order valence-corrected chi connectivity index (χ3v) is 14.0. The lowest BCUT2D eigenvalue weighted by Gasteiger charge is -2.62. The number of aliphatic hydroxyl groups excluding tert-OH is 1. The fraction of sp³-hybridized carbons (Fsp3) is 0.560. The van der Waals surface area contributed by atoms with Crippen molar-refractivity contribution in [3.8, 4) is 16.9 Å². The molecule has 4 fully saturated rings. The fourth-order valence-corrected chi connectivity index (χ4v) is 10.4. The second-order valence-corrected chi connectivity index (χ2v) is 19.3. The molecule has 9 atom stereocenters. The molecule has 4 amide bonds. The number of hydroxylamine groups is 2. The van der Waals surface area contributed by atoms with Crippen molar-refractivity contribution >= 4 is 29.5 Å². The molecule has 7 rings (SSSR count). The SMILES string of the molecule is COc1c(CN2O[C@@H](CO)[C@@H]([C@H](C)OC(=O)NCCNC(C)=O)[C@H]2C(=O)N[C@H]2C[C@@H]3C[C@H]([C@@H]2C)C3(C)C)cccc1-c1cc(C(=O)N[C@@H](Cc2ccccc2)CN(C)C)cc(N(C)C)c1. The molecule has 354 valence electrons. The molecular weight excluding hydrogens is 827 g/mol. The summed E-state index contributed by atoms with van der Waals surface area (Å²) in [6.45, 7) is 10.6. The molecule has 0 spiro atoms. The Morgan fingerprint density at radius 2 is 1.69 bits per heavy atom. The van der Waals surface area contributed by atoms with Gasteiger partial charge in [0.15, 0.2) is 0 Å². The zero-order valence-corrected chi connectivity index (χ0v) is 39.9. The van der Waals surface area contributed by atoms with E-state index in [0.717, 1.165) is 35.2 Å². The Labute approximate surface area is 384 Å². The number of anilines is 1. The summed E-state index contributed by atoms with van der Waals surface area (Å²) in [7, 11) is 9.44. The summed E-state index contributed by atoms with van der Waals surface area (Å²) in [4.78, 5) is 63.8. The lowest BCUT2D eigenvalue weighted by atomic mass is 9.45. The van der Waals surface area contributed by atoms with Gasteiger partial charge in [0, 0.05) is 75.1 Å². The first-order valence-corrected chi connectivity index (χ1v) is 22.9. The van der Waals surface area contributed by atoms with Crippen LogP contribution in [0.2, 0.25) is 0 Å². The summed E-state index contributed by atoms with van der Waals surface area (Å²) in [6, 6.07) is 20.5. The number of nitrogens with zero attached hydrogens (tertiary/aromatic N) is 3. The summed E-state index contributed by atoms with van der Waals surface area (Å²) in [5, 5.41) is 24.3. The number of alkyl carbamates (subject to hydrolysis) is 1. The highest BCUT2D eigenvalue weighted by Crippen LogP contribution is 2.61. The molecule has 1 aliphatic heterocycles. The molecule has 3 aromatic rings. The number of carbonyl (C=O) groups excluding carboxylic acids is 4. The molecule has 3 saturated carbocycles. The Hall–Kier alpha value is -5.22. The number of hydrogen-bond acceptors (Lipinski definition) is 11. The first-order valence-electron chi connectivity index (χ1n) is 22.9. The monoisotopic (exact) mass is 898 g/mol. The summed E-state index contributed by atoms with van der Waals surface area (Å²) in [5.41, 5.74) is 4.87. The molecule has 0 aromatic heterocycles. The number of amides is 4. The predicted molar refractivity (Wildman–Crippen MR) is 251 cm³/mol. The molecule has 3 aliphatic carbocycles. The van der Waals surface area contributed by atoms with Gasteiger partial charge >= 0.3 is 6.09 Å². The number of rotatable bonds is 19. The number of aliphatic hydroxyl groups is 1. The van der Waals surface area contributed by atoms with Gasteiger partial charge in [0.2, 0.25) is 11.8 Å². The van der Waals surface area contributed by atoms with Gasteiger partial charge < -0.3 is 45.6 Å². The van der Waals surface area contributed by atoms with E-state index in [1.807, 2.05) is 87.7 Å². The second-order valence-electron chi connectivity index (χ2n) is 19.3. The van der Waals surface area contributed by atoms with Crippen molar-refractivity contribution in [1.29, 1.82) is 0 Å². The van der Waals surface area contributed by atoms with Crippen molar-refractivity contribution in [3.05, 3.63) is 83.4 Å². The number of benzene rings is 3. The third-order valence-electron chi connectivity index (χ3n) is 14.0. The van der Waals surface area contributed by atoms with E-state index >= 15 is 0 Å². The van der Waals surface area contributed by atoms with Gasteiger partial charge in [-0.05, 0) is 92.8 Å². The van der Waals surface area contributed by atoms with Crippen LogP contribution in [0.4, 0.5) is 10.5 Å². The van der Waals surface area contributed by atoms with Gasteiger partial charge in [-0.15, -0.1) is 0 Å². The minimum absolute atomic E-state index is 0.0482. The van der Waals surface area contributed by atoms with Gasteiger partial charge in [-0.2, -0.15) is 5.06 Å². The number of para-hydroxylation sites is 1. The quantitative estimate of drug-likeness (QED) is 0.104. The number of methoxy groups -OCH3 is 1. The molecule has 3 aromatic carbocycles. The minimum atomic E-state index is -0.959. The third kappa shape index (κ3) is 11.6. The largest absolute Gasteiger partial charge is 0.496 e. The standard InChI is InChI=1S/C50H71N7O8/c1-30-41-25-37(50(41,4)5)26-42(30)54-48(61)45-44(31(2)64-49(62)52-20-19-51-32(3)59)43(29-58)65-57(45)27-34-17-14-18-40(46(34)63-10)35-22-36(24-39(23-35)56(8)9)47(60)53-38(28-55(6)7)21-33-15-12-11-13-16-33/h11-18,22-24,30-31,37-38,41-45,58H,19-21,25-29H2,1-10H3,(H,51,59)(H,52,62)(H,53,60)(H,54,61)/t30-,31-,37-,38-,41+,42-,43-,44+,45-/m0/s1. The van der Waals surface area contributed by atoms with E-state index in [1.165, 1.54) is 6.92 Å². The summed E-state index contributed by atoms with van der Waals surface area (Å²) < 4.78 is 12.0. The van der Waals surface area contributed by atoms with Gasteiger partial charge in [-0.3, -0.25) is 19.2 Å². The number of hydrogen-bond donors (Lipinski definition) is 5. The number of likely N-dealkylation sites (N-methyl/N-ethyl adjacent to an activating group) is 1. The Morgan fingerprint density at radius 3 is 2.32 bits per heavy atom. The first kappa shape index (κ1) is 49.2. The summed E-state index contributed by atoms with van der Waals surface area (Å²) >= 11 is 0. The fourth-order valence-electron chi connectivity index (χ4n) is 10.4. The maximum absolute atomic E-state index is 14.8. The van der Waals surface area contributed by atoms with Gasteiger partial charge in [0.1, 0.15) is 24.0 Å². The Bertz CT molecular complexity index is 2130. The molecule has 4 aliphatic rings. The summed E-state index contributed by atoms with van der Waals surface area (Å²) in [6.07, 6.45) is 0.239. The van der Waals surface area contributed by atoms with E-state index in [9.17, 15) is 24.3 Å². The maximum atomic E-state index is 14.8. The number of fused-ring (bicyclic) bond motifs is 2. The van der Waals surface area contributed by atoms with E-state index in [-0.39, 0.29) is 60.8 Å². The van der Waals surface area contributed by atoms with Crippen LogP contribution in [0, 0.1) is 29.1 Å². The lowest BCUT2D eigenvalue weighted by molar-refractivity contribution is -0.183. The van der Waals surface area contributed by atoms with Gasteiger partial charge in [0.25, 0.3) is 5.91 Å². The molecule has 2 bridgehead atoms. The first-order chi connectivity index (χ1) is 30.9. The van der Waals surface area contributed by atoms with Crippen LogP contribution in [0.3, 0.4) is 0 Å². The van der Waals surface area contributed by atoms with Crippen LogP contribution in [-0.4, -0.2) is 131 Å². The number of nitrogens with one attached hydrogen (secondary N) is 4. The highest BCUT2D eigenvalue weighted by molar-refractivity contribution is 5.97. The Kier molecular flexibility index (Phi) is 16.2. The summed E-state index contributed by atoms with van der Waals surface area (Å²) in [5.74, 6) is 0.349. The zero-order valence-electron chi connectivity index (χ0n) is 39.9. The van der Waals surface area contributed by atoms with Gasteiger partial charge in [0.05, 0.1) is 26.2 Å². The molecule has 1 saturated heterocycles. The van der Waals surface area contributed by atoms with Crippen molar-refractivity contribution in [2.75, 3.05) is 66.4 Å². The van der Waals surface area contributed by atoms with Crippen molar-refractivity contribution in [2.45, 2.75) is 90.8 Å². The number of carbonyl (C=O) groups is 4. The molecule has 65 heavy (non-hydrogen) atoms. The van der Waals surface area contributed by atoms with Crippen molar-refractivity contribution in [2.24, 2.45) is 29.1 Å². The maximum Gasteiger partial charge on any atom is 0.407 e. The average Bonchev–Trinajstić information content (AvgIpc) is 3.63. The molecule has 15 nitrogen and oxygen atoms in total. The van der Waals surface area contributed by atoms with E-state index in [4.69, 9.17) is 14.3 Å². The number of ether oxygens (including phenoxy) is 2. The van der Waals surface area contributed by atoms with Gasteiger partial charge in [-0.25, -0.2) is 4.79 Å². The van der Waals surface area contributed by atoms with Crippen LogP contribution in [0.5, 0.6) is 5.75 Å². The zero-order chi connectivity index (χ0) is 47.2. The van der Waals surface area contributed by atoms with E-state index in [1.54, 1.807) is 19.1 Å². The second kappa shape index (κ2) is 21.4. The highest BCUT2D eigenvalue weighted by Gasteiger charge is 2.57. The Morgan fingerprint density at radius 1 is 0.969 bits per heavy atom. The van der Waals surface area contributed by atoms with Crippen molar-refractivity contribution in [1.82, 2.24) is 31.2 Å². The van der Waals surface area contributed by atoms with E-state index in [2.05, 4.69) is 59.1 Å². The minimum Gasteiger partial charge on any atom is -0.496 e. The molecule has 15 heteroatoms. The molecule has 0 unspecified atom stereocenters. The van der Waals surface area contributed by atoms with E-state index < -0.39 is 36.9 Å². The van der Waals surface area contributed by atoms with Crippen LogP contribution in [0.15, 0.2) is 66.7 Å². The van der Waals surface area contributed by atoms with Crippen LogP contribution in [-0.2, 0) is 32.1 Å². The molecular formula is C50H71N7O8. The van der Waals surface area contributed by atoms with Gasteiger partial charge in [-0.1, -0.05) is 69.3 Å². The highest BCUT2D eigenvalue weighted by atomic mass is 16.7. The van der Waals surface area contributed by atoms with Crippen LogP contribution < -0.4 is 30.9 Å². The smallest absolute Gasteiger partial charge is 0.407 e. The predicted octanol–water partition coefficient (Wildman–Crippen LogP) is 4.86. The average molecular weight is 898 g/mol. The molecule has 0 radical (unpaired) electrons. The topological polar surface area (TPSA) is 174 Å². The molecule has 5 N–H and O–H groups in total. The van der Waals surface area contributed by atoms with Crippen LogP contribution >= 0.6 is 0 Å². The van der Waals surface area contributed by atoms with Crippen LogP contribution in [0.25, 0.3) is 11.1 Å². The molecule has 1 heterocycles.